The van der Waals surface area contributed by atoms with Gasteiger partial charge >= 0.3 is 12.1 Å². The van der Waals surface area contributed by atoms with Crippen molar-refractivity contribution in [3.05, 3.63) is 17.0 Å². The maximum Gasteiger partial charge on any atom is 0.435 e. The van der Waals surface area contributed by atoms with Crippen LogP contribution in [-0.4, -0.2) is 21.3 Å². The van der Waals surface area contributed by atoms with E-state index in [1.807, 2.05) is 0 Å². The lowest BCUT2D eigenvalue weighted by Gasteiger charge is -2.06. The smallest absolute Gasteiger partial charge is 0.435 e. The fourth-order valence-corrected chi connectivity index (χ4v) is 1.81. The minimum absolute atomic E-state index is 0.0161. The Hall–Kier alpha value is -1.53. The van der Waals surface area contributed by atoms with Gasteiger partial charge in [0.2, 0.25) is 0 Å². The molecule has 2 rings (SSSR count). The summed E-state index contributed by atoms with van der Waals surface area (Å²) >= 11 is 0. The number of rotatable bonds is 4. The van der Waals surface area contributed by atoms with Gasteiger partial charge in [0.15, 0.2) is 5.69 Å². The zero-order chi connectivity index (χ0) is 12.6. The van der Waals surface area contributed by atoms with E-state index >= 15 is 0 Å². The number of hydrogen-bond acceptors (Lipinski definition) is 2. The highest BCUT2D eigenvalue weighted by molar-refractivity contribution is 5.67. The molecule has 0 aliphatic heterocycles. The predicted octanol–water partition coefficient (Wildman–Crippen LogP) is 2.32. The maximum absolute atomic E-state index is 12.6. The van der Waals surface area contributed by atoms with Crippen LogP contribution in [0.1, 0.15) is 42.1 Å². The molecule has 0 spiro atoms. The van der Waals surface area contributed by atoms with Crippen LogP contribution in [0, 0.1) is 0 Å². The van der Waals surface area contributed by atoms with Crippen molar-refractivity contribution in [1.82, 2.24) is 10.2 Å². The Bertz CT molecular complexity index is 435. The molecule has 0 unspecified atom stereocenters. The number of carboxylic acids is 1. The van der Waals surface area contributed by atoms with Crippen LogP contribution in [0.5, 0.6) is 0 Å². The van der Waals surface area contributed by atoms with Crippen molar-refractivity contribution in [1.29, 1.82) is 0 Å². The lowest BCUT2D eigenvalue weighted by atomic mass is 10.0. The summed E-state index contributed by atoms with van der Waals surface area (Å²) in [4.78, 5) is 10.4. The topological polar surface area (TPSA) is 66.0 Å². The minimum Gasteiger partial charge on any atom is -0.481 e. The summed E-state index contributed by atoms with van der Waals surface area (Å²) in [5.74, 6) is -1.02. The molecular formula is C10H11F3N2O2. The molecule has 1 saturated carbocycles. The molecule has 1 heterocycles. The summed E-state index contributed by atoms with van der Waals surface area (Å²) < 4.78 is 37.9. The van der Waals surface area contributed by atoms with Crippen molar-refractivity contribution >= 4 is 5.97 Å². The zero-order valence-corrected chi connectivity index (χ0v) is 8.84. The van der Waals surface area contributed by atoms with E-state index < -0.39 is 17.8 Å². The van der Waals surface area contributed by atoms with Crippen molar-refractivity contribution in [3.63, 3.8) is 0 Å². The van der Waals surface area contributed by atoms with Gasteiger partial charge in [0.1, 0.15) is 0 Å². The number of nitrogens with zero attached hydrogens (tertiary/aromatic N) is 1. The molecule has 0 atom stereocenters. The molecule has 0 bridgehead atoms. The Kier molecular flexibility index (Phi) is 2.84. The van der Waals surface area contributed by atoms with Crippen molar-refractivity contribution in [3.8, 4) is 0 Å². The Balaban J connectivity index is 2.29. The molecule has 7 heteroatoms. The van der Waals surface area contributed by atoms with E-state index in [9.17, 15) is 18.0 Å². The highest BCUT2D eigenvalue weighted by Crippen LogP contribution is 2.43. The molecule has 17 heavy (non-hydrogen) atoms. The van der Waals surface area contributed by atoms with Crippen LogP contribution in [-0.2, 0) is 17.4 Å². The van der Waals surface area contributed by atoms with Crippen LogP contribution in [0.25, 0.3) is 0 Å². The molecule has 0 amide bonds. The average molecular weight is 248 g/mol. The fourth-order valence-electron chi connectivity index (χ4n) is 1.81. The first-order chi connectivity index (χ1) is 7.89. The van der Waals surface area contributed by atoms with Gasteiger partial charge in [-0.05, 0) is 19.3 Å². The number of carbonyl (C=O) groups is 1. The lowest BCUT2D eigenvalue weighted by molar-refractivity contribution is -0.142. The molecule has 94 valence electrons. The first-order valence-electron chi connectivity index (χ1n) is 5.25. The van der Waals surface area contributed by atoms with E-state index in [0.717, 1.165) is 12.8 Å². The third-order valence-electron chi connectivity index (χ3n) is 2.74. The van der Waals surface area contributed by atoms with Gasteiger partial charge < -0.3 is 5.11 Å². The van der Waals surface area contributed by atoms with E-state index in [2.05, 4.69) is 10.2 Å². The lowest BCUT2D eigenvalue weighted by Crippen LogP contribution is -2.10. The first kappa shape index (κ1) is 11.9. The third kappa shape index (κ3) is 2.59. The number of carboxylic acid groups (broad SMARTS) is 1. The van der Waals surface area contributed by atoms with Gasteiger partial charge in [-0.1, -0.05) is 0 Å². The van der Waals surface area contributed by atoms with Crippen molar-refractivity contribution in [2.75, 3.05) is 0 Å². The Morgan fingerprint density at radius 3 is 2.59 bits per heavy atom. The predicted molar refractivity (Wildman–Crippen MR) is 51.5 cm³/mol. The molecule has 2 N–H and O–H groups in total. The van der Waals surface area contributed by atoms with Crippen LogP contribution in [0.2, 0.25) is 0 Å². The average Bonchev–Trinajstić information content (AvgIpc) is 2.93. The van der Waals surface area contributed by atoms with Crippen molar-refractivity contribution in [2.45, 2.75) is 37.8 Å². The largest absolute Gasteiger partial charge is 0.481 e. The molecule has 0 saturated heterocycles. The monoisotopic (exact) mass is 248 g/mol. The summed E-state index contributed by atoms with van der Waals surface area (Å²) in [7, 11) is 0. The van der Waals surface area contributed by atoms with Gasteiger partial charge in [-0.15, -0.1) is 0 Å². The summed E-state index contributed by atoms with van der Waals surface area (Å²) in [5.41, 5.74) is -0.498. The number of H-pyrrole nitrogens is 1. The fraction of sp³-hybridized carbons (Fsp3) is 0.600. The number of hydrogen-bond donors (Lipinski definition) is 2. The summed E-state index contributed by atoms with van der Waals surface area (Å²) in [5, 5.41) is 14.2. The van der Waals surface area contributed by atoms with Gasteiger partial charge in [0.25, 0.3) is 0 Å². The second kappa shape index (κ2) is 4.05. The van der Waals surface area contributed by atoms with Crippen LogP contribution in [0.15, 0.2) is 0 Å². The molecule has 1 fully saturated rings. The summed E-state index contributed by atoms with van der Waals surface area (Å²) in [6.07, 6.45) is -3.31. The molecule has 1 aromatic rings. The quantitative estimate of drug-likeness (QED) is 0.859. The first-order valence-corrected chi connectivity index (χ1v) is 5.25. The minimum atomic E-state index is -4.53. The highest BCUT2D eigenvalue weighted by atomic mass is 19.4. The molecule has 0 radical (unpaired) electrons. The van der Waals surface area contributed by atoms with Gasteiger partial charge in [-0.3, -0.25) is 9.89 Å². The van der Waals surface area contributed by atoms with Gasteiger partial charge in [0.05, 0.1) is 0 Å². The Morgan fingerprint density at radius 1 is 1.47 bits per heavy atom. The molecule has 4 nitrogen and oxygen atoms in total. The summed E-state index contributed by atoms with van der Waals surface area (Å²) in [6.45, 7) is 0. The second-order valence-corrected chi connectivity index (χ2v) is 4.13. The number of aromatic nitrogens is 2. The van der Waals surface area contributed by atoms with Crippen LogP contribution in [0.4, 0.5) is 13.2 Å². The Morgan fingerprint density at radius 2 is 2.12 bits per heavy atom. The van der Waals surface area contributed by atoms with E-state index in [-0.39, 0.29) is 24.3 Å². The number of nitrogens with one attached hydrogen (secondary N) is 1. The molecular weight excluding hydrogens is 237 g/mol. The Labute approximate surface area is 94.8 Å². The standard InChI is InChI=1S/C10H11F3N2O2/c11-10(12,13)9-6(3-4-7(16)17)8(14-15-9)5-1-2-5/h5H,1-4H2,(H,14,15)(H,16,17). The van der Waals surface area contributed by atoms with Gasteiger partial charge in [-0.25, -0.2) is 0 Å². The number of aromatic amines is 1. The normalized spacial score (nSPS) is 16.2. The van der Waals surface area contributed by atoms with E-state index in [1.54, 1.807) is 0 Å². The highest BCUT2D eigenvalue weighted by Gasteiger charge is 2.40. The third-order valence-corrected chi connectivity index (χ3v) is 2.74. The number of halogens is 3. The number of alkyl halides is 3. The van der Waals surface area contributed by atoms with E-state index in [0.29, 0.717) is 5.69 Å². The van der Waals surface area contributed by atoms with Crippen molar-refractivity contribution in [2.24, 2.45) is 0 Å². The molecule has 1 aliphatic rings. The summed E-state index contributed by atoms with van der Waals surface area (Å²) in [6, 6.07) is 0. The maximum atomic E-state index is 12.6. The molecule has 0 aromatic carbocycles. The van der Waals surface area contributed by atoms with Crippen LogP contribution < -0.4 is 0 Å². The van der Waals surface area contributed by atoms with Crippen molar-refractivity contribution < 1.29 is 23.1 Å². The van der Waals surface area contributed by atoms with Gasteiger partial charge in [-0.2, -0.15) is 18.3 Å². The van der Waals surface area contributed by atoms with Gasteiger partial charge in [0, 0.05) is 23.6 Å². The van der Waals surface area contributed by atoms with Crippen LogP contribution >= 0.6 is 0 Å². The molecule has 1 aliphatic carbocycles. The van der Waals surface area contributed by atoms with E-state index in [1.165, 1.54) is 0 Å². The number of aliphatic carboxylic acids is 1. The van der Waals surface area contributed by atoms with E-state index in [4.69, 9.17) is 5.11 Å². The SMILES string of the molecule is O=C(O)CCc1c(C(F)(F)F)n[nH]c1C1CC1. The van der Waals surface area contributed by atoms with Crippen LogP contribution in [0.3, 0.4) is 0 Å². The molecule has 1 aromatic heterocycles. The second-order valence-electron chi connectivity index (χ2n) is 4.13. The zero-order valence-electron chi connectivity index (χ0n) is 8.84.